The fourth-order valence-corrected chi connectivity index (χ4v) is 3.89. The summed E-state index contributed by atoms with van der Waals surface area (Å²) in [5.41, 5.74) is 3.59. The van der Waals surface area contributed by atoms with Crippen molar-refractivity contribution >= 4 is 10.9 Å². The Morgan fingerprint density at radius 1 is 0.931 bits per heavy atom. The number of benzene rings is 2. The molecule has 0 saturated heterocycles. The molecule has 0 spiro atoms. The van der Waals surface area contributed by atoms with Gasteiger partial charge in [0.1, 0.15) is 5.82 Å². The topological polar surface area (TPSA) is 73.8 Å². The molecule has 1 aliphatic heterocycles. The van der Waals surface area contributed by atoms with Crippen LogP contribution in [-0.4, -0.2) is 19.7 Å². The Kier molecular flexibility index (Phi) is 4.46. The first-order valence-electron chi connectivity index (χ1n) is 10.1. The molecule has 0 bridgehead atoms. The Balaban J connectivity index is 1.55. The van der Waals surface area contributed by atoms with Gasteiger partial charge in [0.15, 0.2) is 0 Å². The second-order valence-electron chi connectivity index (χ2n) is 7.67. The summed E-state index contributed by atoms with van der Waals surface area (Å²) in [6.45, 7) is 2.79. The molecule has 1 aliphatic rings. The zero-order valence-electron chi connectivity index (χ0n) is 16.4. The first-order valence-corrected chi connectivity index (χ1v) is 10.1. The van der Waals surface area contributed by atoms with Crippen molar-refractivity contribution in [3.8, 4) is 22.8 Å². The number of hydrogen-bond donors (Lipinski definition) is 0. The van der Waals surface area contributed by atoms with E-state index in [0.717, 1.165) is 42.8 Å². The van der Waals surface area contributed by atoms with Gasteiger partial charge in [-0.15, -0.1) is 0 Å². The maximum atomic E-state index is 13.0. The Morgan fingerprint density at radius 3 is 2.59 bits per heavy atom. The summed E-state index contributed by atoms with van der Waals surface area (Å²) in [5, 5.41) is 4.75. The predicted octanol–water partition coefficient (Wildman–Crippen LogP) is 4.54. The first-order chi connectivity index (χ1) is 14.2. The largest absolute Gasteiger partial charge is 0.334 e. The number of aromatic nitrogens is 4. The SMILES string of the molecule is Cc1ccc(-c2noc(-c3ccc4c(=O)n5c(nc4c3)CCCCCC5)n2)cc1. The van der Waals surface area contributed by atoms with Gasteiger partial charge in [-0.25, -0.2) is 4.98 Å². The van der Waals surface area contributed by atoms with Crippen molar-refractivity contribution in [3.05, 3.63) is 64.2 Å². The Bertz CT molecular complexity index is 1240. The summed E-state index contributed by atoms with van der Waals surface area (Å²) in [6, 6.07) is 13.5. The molecule has 146 valence electrons. The Labute approximate surface area is 168 Å². The molecule has 6 nitrogen and oxygen atoms in total. The maximum Gasteiger partial charge on any atom is 0.261 e. The second kappa shape index (κ2) is 7.28. The van der Waals surface area contributed by atoms with E-state index in [9.17, 15) is 4.79 Å². The summed E-state index contributed by atoms with van der Waals surface area (Å²) < 4.78 is 7.34. The molecule has 2 aromatic heterocycles. The van der Waals surface area contributed by atoms with Crippen LogP contribution in [0.5, 0.6) is 0 Å². The fourth-order valence-electron chi connectivity index (χ4n) is 3.89. The van der Waals surface area contributed by atoms with Gasteiger partial charge in [-0.2, -0.15) is 4.98 Å². The second-order valence-corrected chi connectivity index (χ2v) is 7.67. The van der Waals surface area contributed by atoms with Gasteiger partial charge >= 0.3 is 0 Å². The molecule has 0 aliphatic carbocycles. The molecule has 0 radical (unpaired) electrons. The van der Waals surface area contributed by atoms with E-state index in [0.29, 0.717) is 22.6 Å². The molecule has 0 fully saturated rings. The van der Waals surface area contributed by atoms with Crippen LogP contribution < -0.4 is 5.56 Å². The van der Waals surface area contributed by atoms with E-state index < -0.39 is 0 Å². The molecule has 0 atom stereocenters. The molecule has 29 heavy (non-hydrogen) atoms. The highest BCUT2D eigenvalue weighted by molar-refractivity contribution is 5.82. The summed E-state index contributed by atoms with van der Waals surface area (Å²) in [5.74, 6) is 1.85. The Hall–Kier alpha value is -3.28. The standard InChI is InChI=1S/C23H22N4O2/c1-15-7-9-16(10-8-15)21-25-22(29-26-21)17-11-12-18-19(14-17)24-20-6-4-2-3-5-13-27(20)23(18)28/h7-12,14H,2-6,13H2,1H3. The lowest BCUT2D eigenvalue weighted by molar-refractivity contribution is 0.432. The normalized spacial score (nSPS) is 14.4. The third-order valence-electron chi connectivity index (χ3n) is 5.55. The van der Waals surface area contributed by atoms with E-state index in [-0.39, 0.29) is 5.56 Å². The highest BCUT2D eigenvalue weighted by Crippen LogP contribution is 2.25. The fraction of sp³-hybridized carbons (Fsp3) is 0.304. The van der Waals surface area contributed by atoms with Gasteiger partial charge < -0.3 is 4.52 Å². The van der Waals surface area contributed by atoms with Crippen molar-refractivity contribution in [3.63, 3.8) is 0 Å². The van der Waals surface area contributed by atoms with Crippen LogP contribution in [0.2, 0.25) is 0 Å². The maximum absolute atomic E-state index is 13.0. The van der Waals surface area contributed by atoms with Crippen LogP contribution in [0.15, 0.2) is 51.8 Å². The molecule has 0 unspecified atom stereocenters. The average Bonchev–Trinajstić information content (AvgIpc) is 3.20. The number of hydrogen-bond acceptors (Lipinski definition) is 5. The molecule has 4 aromatic rings. The van der Waals surface area contributed by atoms with Gasteiger partial charge in [-0.1, -0.05) is 47.8 Å². The summed E-state index contributed by atoms with van der Waals surface area (Å²) in [7, 11) is 0. The quantitative estimate of drug-likeness (QED) is 0.506. The molecule has 2 aromatic carbocycles. The van der Waals surface area contributed by atoms with Crippen molar-refractivity contribution in [2.75, 3.05) is 0 Å². The van der Waals surface area contributed by atoms with Crippen molar-refractivity contribution in [1.29, 1.82) is 0 Å². The van der Waals surface area contributed by atoms with Crippen molar-refractivity contribution < 1.29 is 4.52 Å². The first kappa shape index (κ1) is 17.8. The van der Waals surface area contributed by atoms with Crippen molar-refractivity contribution in [1.82, 2.24) is 19.7 Å². The molecule has 0 amide bonds. The van der Waals surface area contributed by atoms with E-state index in [1.54, 1.807) is 0 Å². The smallest absolute Gasteiger partial charge is 0.261 e. The number of fused-ring (bicyclic) bond motifs is 2. The number of nitrogens with zero attached hydrogens (tertiary/aromatic N) is 4. The molecule has 0 N–H and O–H groups in total. The summed E-state index contributed by atoms with van der Waals surface area (Å²) in [4.78, 5) is 22.3. The lowest BCUT2D eigenvalue weighted by atomic mass is 10.1. The summed E-state index contributed by atoms with van der Waals surface area (Å²) in [6.07, 6.45) is 5.30. The molecular weight excluding hydrogens is 364 g/mol. The minimum absolute atomic E-state index is 0.0457. The molecule has 3 heterocycles. The van der Waals surface area contributed by atoms with E-state index in [2.05, 4.69) is 10.1 Å². The molecule has 5 rings (SSSR count). The van der Waals surface area contributed by atoms with Crippen LogP contribution in [0.4, 0.5) is 0 Å². The minimum atomic E-state index is 0.0457. The average molecular weight is 386 g/mol. The van der Waals surface area contributed by atoms with Gasteiger partial charge in [0.05, 0.1) is 10.9 Å². The van der Waals surface area contributed by atoms with Gasteiger partial charge in [-0.3, -0.25) is 9.36 Å². The van der Waals surface area contributed by atoms with Crippen molar-refractivity contribution in [2.24, 2.45) is 0 Å². The van der Waals surface area contributed by atoms with Gasteiger partial charge in [0.2, 0.25) is 5.82 Å². The summed E-state index contributed by atoms with van der Waals surface area (Å²) >= 11 is 0. The number of rotatable bonds is 2. The minimum Gasteiger partial charge on any atom is -0.334 e. The number of aryl methyl sites for hydroxylation is 2. The molecule has 6 heteroatoms. The molecular formula is C23H22N4O2. The Morgan fingerprint density at radius 2 is 1.72 bits per heavy atom. The van der Waals surface area contributed by atoms with Gasteiger partial charge in [0, 0.05) is 24.1 Å². The highest BCUT2D eigenvalue weighted by atomic mass is 16.5. The predicted molar refractivity (Wildman–Crippen MR) is 112 cm³/mol. The zero-order valence-corrected chi connectivity index (χ0v) is 16.4. The lowest BCUT2D eigenvalue weighted by Crippen LogP contribution is -2.26. The van der Waals surface area contributed by atoms with Crippen LogP contribution in [0.3, 0.4) is 0 Å². The monoisotopic (exact) mass is 386 g/mol. The third-order valence-corrected chi connectivity index (χ3v) is 5.55. The van der Waals surface area contributed by atoms with Crippen LogP contribution in [0.25, 0.3) is 33.7 Å². The van der Waals surface area contributed by atoms with Crippen LogP contribution in [-0.2, 0) is 13.0 Å². The molecule has 0 saturated carbocycles. The van der Waals surface area contributed by atoms with E-state index in [1.807, 2.05) is 54.0 Å². The van der Waals surface area contributed by atoms with E-state index in [1.165, 1.54) is 18.4 Å². The van der Waals surface area contributed by atoms with Crippen LogP contribution >= 0.6 is 0 Å². The highest BCUT2D eigenvalue weighted by Gasteiger charge is 2.16. The van der Waals surface area contributed by atoms with Gasteiger partial charge in [0.25, 0.3) is 11.4 Å². The van der Waals surface area contributed by atoms with Gasteiger partial charge in [-0.05, 0) is 38.0 Å². The van der Waals surface area contributed by atoms with Crippen LogP contribution in [0.1, 0.15) is 37.1 Å². The third kappa shape index (κ3) is 3.35. The lowest BCUT2D eigenvalue weighted by Gasteiger charge is -2.16. The van der Waals surface area contributed by atoms with Crippen molar-refractivity contribution in [2.45, 2.75) is 45.6 Å². The zero-order chi connectivity index (χ0) is 19.8. The van der Waals surface area contributed by atoms with Crippen LogP contribution in [0, 0.1) is 6.92 Å². The van der Waals surface area contributed by atoms with E-state index >= 15 is 0 Å². The van der Waals surface area contributed by atoms with E-state index in [4.69, 9.17) is 9.51 Å².